The molecule has 0 bridgehead atoms. The zero-order valence-electron chi connectivity index (χ0n) is 7.89. The van der Waals surface area contributed by atoms with Gasteiger partial charge < -0.3 is 5.32 Å². The second-order valence-corrected chi connectivity index (χ2v) is 4.18. The molecule has 1 fully saturated rings. The van der Waals surface area contributed by atoms with E-state index in [1.807, 2.05) is 6.07 Å². The first-order chi connectivity index (χ1) is 6.75. The van der Waals surface area contributed by atoms with E-state index in [0.29, 0.717) is 10.9 Å². The van der Waals surface area contributed by atoms with Gasteiger partial charge in [-0.3, -0.25) is 0 Å². The van der Waals surface area contributed by atoms with Crippen LogP contribution in [0.15, 0.2) is 18.2 Å². The van der Waals surface area contributed by atoms with Crippen LogP contribution in [0.4, 0.5) is 4.39 Å². The van der Waals surface area contributed by atoms with Gasteiger partial charge in [0.2, 0.25) is 0 Å². The van der Waals surface area contributed by atoms with Crippen LogP contribution in [-0.4, -0.2) is 13.1 Å². The Labute approximate surface area is 88.3 Å². The van der Waals surface area contributed by atoms with Crippen LogP contribution in [0.3, 0.4) is 0 Å². The highest BCUT2D eigenvalue weighted by Gasteiger charge is 2.15. The van der Waals surface area contributed by atoms with Gasteiger partial charge in [0, 0.05) is 11.6 Å². The van der Waals surface area contributed by atoms with Crippen molar-refractivity contribution < 1.29 is 4.39 Å². The van der Waals surface area contributed by atoms with Crippen molar-refractivity contribution in [2.24, 2.45) is 0 Å². The van der Waals surface area contributed by atoms with Gasteiger partial charge in [0.15, 0.2) is 0 Å². The van der Waals surface area contributed by atoms with Gasteiger partial charge in [-0.15, -0.1) is 0 Å². The number of rotatable bonds is 1. The molecule has 76 valence electrons. The van der Waals surface area contributed by atoms with Crippen molar-refractivity contribution in [3.63, 3.8) is 0 Å². The molecular formula is C11H13ClFN. The van der Waals surface area contributed by atoms with Crippen LogP contribution in [0.2, 0.25) is 5.02 Å². The minimum absolute atomic E-state index is 0.238. The maximum Gasteiger partial charge on any atom is 0.124 e. The number of piperidine rings is 1. The summed E-state index contributed by atoms with van der Waals surface area (Å²) in [6, 6.07) is 4.80. The minimum atomic E-state index is -0.238. The van der Waals surface area contributed by atoms with E-state index in [0.717, 1.165) is 31.5 Å². The van der Waals surface area contributed by atoms with Gasteiger partial charge in [-0.25, -0.2) is 4.39 Å². The van der Waals surface area contributed by atoms with Gasteiger partial charge >= 0.3 is 0 Å². The molecule has 1 nitrogen and oxygen atoms in total. The van der Waals surface area contributed by atoms with Crippen molar-refractivity contribution in [3.8, 4) is 0 Å². The summed E-state index contributed by atoms with van der Waals surface area (Å²) in [6.07, 6.45) is 2.27. The van der Waals surface area contributed by atoms with Crippen LogP contribution in [-0.2, 0) is 0 Å². The topological polar surface area (TPSA) is 12.0 Å². The first-order valence-electron chi connectivity index (χ1n) is 4.92. The van der Waals surface area contributed by atoms with Crippen molar-refractivity contribution in [3.05, 3.63) is 34.6 Å². The summed E-state index contributed by atoms with van der Waals surface area (Å²) < 4.78 is 13.1. The molecule has 0 radical (unpaired) electrons. The Kier molecular flexibility index (Phi) is 3.04. The summed E-state index contributed by atoms with van der Waals surface area (Å²) in [5, 5.41) is 3.80. The molecule has 1 heterocycles. The lowest BCUT2D eigenvalue weighted by Crippen LogP contribution is -2.28. The van der Waals surface area contributed by atoms with E-state index in [1.54, 1.807) is 6.07 Å². The molecular weight excluding hydrogens is 201 g/mol. The molecule has 1 N–H and O–H groups in total. The summed E-state index contributed by atoms with van der Waals surface area (Å²) in [6.45, 7) is 2.00. The van der Waals surface area contributed by atoms with Crippen LogP contribution in [0.25, 0.3) is 0 Å². The average molecular weight is 214 g/mol. The lowest BCUT2D eigenvalue weighted by Gasteiger charge is -2.23. The van der Waals surface area contributed by atoms with E-state index >= 15 is 0 Å². The smallest absolute Gasteiger partial charge is 0.124 e. The number of halogens is 2. The first kappa shape index (κ1) is 9.94. The van der Waals surface area contributed by atoms with Crippen LogP contribution < -0.4 is 5.32 Å². The summed E-state index contributed by atoms with van der Waals surface area (Å²) in [4.78, 5) is 0. The van der Waals surface area contributed by atoms with Gasteiger partial charge in [0.25, 0.3) is 0 Å². The summed E-state index contributed by atoms with van der Waals surface area (Å²) >= 11 is 5.81. The second-order valence-electron chi connectivity index (χ2n) is 3.75. The predicted molar refractivity (Wildman–Crippen MR) is 56.3 cm³/mol. The Balaban J connectivity index is 2.21. The summed E-state index contributed by atoms with van der Waals surface area (Å²) in [7, 11) is 0. The molecule has 1 saturated heterocycles. The van der Waals surface area contributed by atoms with E-state index in [-0.39, 0.29) is 5.82 Å². The molecule has 2 rings (SSSR count). The SMILES string of the molecule is Fc1cc(Cl)cc([C@@H]2CCCNC2)c1. The average Bonchev–Trinajstić information content (AvgIpc) is 2.18. The fourth-order valence-corrected chi connectivity index (χ4v) is 2.18. The molecule has 0 spiro atoms. The zero-order valence-corrected chi connectivity index (χ0v) is 8.65. The molecule has 0 saturated carbocycles. The highest BCUT2D eigenvalue weighted by atomic mass is 35.5. The number of hydrogen-bond acceptors (Lipinski definition) is 1. The molecule has 0 unspecified atom stereocenters. The molecule has 1 atom stereocenters. The standard InChI is InChI=1S/C11H13ClFN/c12-10-4-9(5-11(13)6-10)8-2-1-3-14-7-8/h4-6,8,14H,1-3,7H2/t8-/m1/s1. The third kappa shape index (κ3) is 2.25. The van der Waals surface area contributed by atoms with Crippen LogP contribution in [0, 0.1) is 5.82 Å². The van der Waals surface area contributed by atoms with Crippen molar-refractivity contribution >= 4 is 11.6 Å². The van der Waals surface area contributed by atoms with E-state index in [4.69, 9.17) is 11.6 Å². The highest BCUT2D eigenvalue weighted by Crippen LogP contribution is 2.26. The van der Waals surface area contributed by atoms with Gasteiger partial charge in [0.1, 0.15) is 5.82 Å². The molecule has 0 aromatic heterocycles. The van der Waals surface area contributed by atoms with Crippen molar-refractivity contribution in [1.82, 2.24) is 5.32 Å². The Morgan fingerprint density at radius 3 is 2.86 bits per heavy atom. The Morgan fingerprint density at radius 1 is 1.36 bits per heavy atom. The molecule has 1 aliphatic heterocycles. The first-order valence-corrected chi connectivity index (χ1v) is 5.30. The molecule has 3 heteroatoms. The van der Waals surface area contributed by atoms with Gasteiger partial charge in [-0.05, 0) is 49.1 Å². The zero-order chi connectivity index (χ0) is 9.97. The lowest BCUT2D eigenvalue weighted by atomic mass is 9.92. The maximum atomic E-state index is 13.1. The number of hydrogen-bond donors (Lipinski definition) is 1. The minimum Gasteiger partial charge on any atom is -0.316 e. The molecule has 1 aromatic rings. The number of benzene rings is 1. The normalized spacial score (nSPS) is 22.3. The van der Waals surface area contributed by atoms with Crippen molar-refractivity contribution in [2.45, 2.75) is 18.8 Å². The maximum absolute atomic E-state index is 13.1. The lowest BCUT2D eigenvalue weighted by molar-refractivity contribution is 0.460. The van der Waals surface area contributed by atoms with Crippen LogP contribution in [0.5, 0.6) is 0 Å². The number of nitrogens with one attached hydrogen (secondary N) is 1. The van der Waals surface area contributed by atoms with E-state index < -0.39 is 0 Å². The molecule has 0 amide bonds. The monoisotopic (exact) mass is 213 g/mol. The summed E-state index contributed by atoms with van der Waals surface area (Å²) in [5.41, 5.74) is 1.02. The Hall–Kier alpha value is -0.600. The largest absolute Gasteiger partial charge is 0.316 e. The molecule has 0 aliphatic carbocycles. The molecule has 14 heavy (non-hydrogen) atoms. The molecule has 1 aliphatic rings. The fraction of sp³-hybridized carbons (Fsp3) is 0.455. The predicted octanol–water partition coefficient (Wildman–Crippen LogP) is 2.95. The summed E-state index contributed by atoms with van der Waals surface area (Å²) in [5.74, 6) is 0.176. The van der Waals surface area contributed by atoms with Gasteiger partial charge in [-0.2, -0.15) is 0 Å². The fourth-order valence-electron chi connectivity index (χ4n) is 1.95. The third-order valence-electron chi connectivity index (χ3n) is 2.65. The second kappa shape index (κ2) is 4.28. The Bertz CT molecular complexity index is 301. The van der Waals surface area contributed by atoms with Crippen LogP contribution in [0.1, 0.15) is 24.3 Å². The van der Waals surface area contributed by atoms with E-state index in [1.165, 1.54) is 6.07 Å². The van der Waals surface area contributed by atoms with Crippen LogP contribution >= 0.6 is 11.6 Å². The molecule has 1 aromatic carbocycles. The Morgan fingerprint density at radius 2 is 2.21 bits per heavy atom. The van der Waals surface area contributed by atoms with Crippen molar-refractivity contribution in [2.75, 3.05) is 13.1 Å². The quantitative estimate of drug-likeness (QED) is 0.757. The van der Waals surface area contributed by atoms with Crippen molar-refractivity contribution in [1.29, 1.82) is 0 Å². The highest BCUT2D eigenvalue weighted by molar-refractivity contribution is 6.30. The van der Waals surface area contributed by atoms with Gasteiger partial charge in [-0.1, -0.05) is 11.6 Å². The third-order valence-corrected chi connectivity index (χ3v) is 2.87. The van der Waals surface area contributed by atoms with E-state index in [2.05, 4.69) is 5.32 Å². The van der Waals surface area contributed by atoms with E-state index in [9.17, 15) is 4.39 Å². The van der Waals surface area contributed by atoms with Gasteiger partial charge in [0.05, 0.1) is 0 Å².